The van der Waals surface area contributed by atoms with Crippen LogP contribution in [0.15, 0.2) is 24.3 Å². The molecule has 0 spiro atoms. The molecule has 0 aliphatic heterocycles. The smallest absolute Gasteiger partial charge is 0.325 e. The maximum atomic E-state index is 12.9. The molecule has 1 aromatic heterocycles. The molecule has 152 valence electrons. The van der Waals surface area contributed by atoms with Crippen molar-refractivity contribution in [3.8, 4) is 5.75 Å². The number of hydrogen-bond donors (Lipinski definition) is 1. The number of rotatable bonds is 7. The molecule has 1 heterocycles. The van der Waals surface area contributed by atoms with Crippen LogP contribution in [0.2, 0.25) is 0 Å². The first-order valence-corrected chi connectivity index (χ1v) is 10.2. The average molecular weight is 404 g/mol. The van der Waals surface area contributed by atoms with E-state index in [1.54, 1.807) is 13.1 Å². The fourth-order valence-corrected chi connectivity index (χ4v) is 5.06. The first-order valence-electron chi connectivity index (χ1n) is 9.43. The Morgan fingerprint density at radius 2 is 1.79 bits per heavy atom. The Morgan fingerprint density at radius 3 is 2.32 bits per heavy atom. The number of aromatic hydroxyl groups is 1. The van der Waals surface area contributed by atoms with E-state index in [4.69, 9.17) is 0 Å². The van der Waals surface area contributed by atoms with Crippen LogP contribution in [0.4, 0.5) is 0 Å². The maximum Gasteiger partial charge on any atom is 0.325 e. The number of amides is 1. The van der Waals surface area contributed by atoms with Gasteiger partial charge in [0.2, 0.25) is 0 Å². The Morgan fingerprint density at radius 1 is 1.14 bits per heavy atom. The number of phenolic OH excluding ortho intramolecular Hbond substituents is 1. The first-order chi connectivity index (χ1) is 13.2. The lowest BCUT2D eigenvalue weighted by atomic mass is 9.74. The molecule has 0 atom stereocenters. The summed E-state index contributed by atoms with van der Waals surface area (Å²) in [6, 6.07) is 7.82. The van der Waals surface area contributed by atoms with Crippen molar-refractivity contribution in [2.75, 3.05) is 20.7 Å². The standard InChI is InChI=1S/C22H29NO4S/c1-7-22(8-2,16-9-10-17(24)14(3)11-16)18-12-15(4)20(28-18)21(26)23(5)13-19(25)27-6/h9-12,24H,7-8,13H2,1-6H3. The highest BCUT2D eigenvalue weighted by molar-refractivity contribution is 7.14. The minimum absolute atomic E-state index is 0.0775. The van der Waals surface area contributed by atoms with Crippen molar-refractivity contribution in [2.24, 2.45) is 0 Å². The van der Waals surface area contributed by atoms with Crippen LogP contribution in [0.25, 0.3) is 0 Å². The Kier molecular flexibility index (Phi) is 6.88. The number of carbonyl (C=O) groups is 2. The molecule has 0 radical (unpaired) electrons. The summed E-state index contributed by atoms with van der Waals surface area (Å²) in [5, 5.41) is 9.91. The number of nitrogens with zero attached hydrogens (tertiary/aromatic N) is 1. The third-order valence-corrected chi connectivity index (χ3v) is 6.91. The number of phenols is 1. The molecule has 1 aromatic carbocycles. The summed E-state index contributed by atoms with van der Waals surface area (Å²) >= 11 is 1.49. The normalized spacial score (nSPS) is 11.4. The zero-order valence-corrected chi connectivity index (χ0v) is 18.3. The highest BCUT2D eigenvalue weighted by Crippen LogP contribution is 2.44. The third-order valence-electron chi connectivity index (χ3n) is 5.48. The monoisotopic (exact) mass is 403 g/mol. The minimum atomic E-state index is -0.443. The molecule has 1 amide bonds. The van der Waals surface area contributed by atoms with E-state index in [-0.39, 0.29) is 23.6 Å². The van der Waals surface area contributed by atoms with E-state index in [0.29, 0.717) is 4.88 Å². The van der Waals surface area contributed by atoms with Crippen molar-refractivity contribution >= 4 is 23.2 Å². The van der Waals surface area contributed by atoms with Crippen LogP contribution in [-0.4, -0.2) is 42.6 Å². The van der Waals surface area contributed by atoms with Gasteiger partial charge in [-0.05, 0) is 55.5 Å². The van der Waals surface area contributed by atoms with E-state index in [1.165, 1.54) is 23.3 Å². The van der Waals surface area contributed by atoms with E-state index in [1.807, 2.05) is 26.0 Å². The van der Waals surface area contributed by atoms with Gasteiger partial charge in [0, 0.05) is 17.3 Å². The number of hydrogen-bond acceptors (Lipinski definition) is 5. The van der Waals surface area contributed by atoms with Crippen LogP contribution in [0, 0.1) is 13.8 Å². The molecule has 28 heavy (non-hydrogen) atoms. The summed E-state index contributed by atoms with van der Waals surface area (Å²) in [5.41, 5.74) is 2.65. The lowest BCUT2D eigenvalue weighted by molar-refractivity contribution is -0.141. The fraction of sp³-hybridized carbons (Fsp3) is 0.455. The summed E-state index contributed by atoms with van der Waals surface area (Å²) in [6.45, 7) is 8.03. The van der Waals surface area contributed by atoms with E-state index in [9.17, 15) is 14.7 Å². The Labute approximate surface area is 170 Å². The van der Waals surface area contributed by atoms with E-state index in [0.717, 1.165) is 34.4 Å². The van der Waals surface area contributed by atoms with Crippen molar-refractivity contribution < 1.29 is 19.4 Å². The highest BCUT2D eigenvalue weighted by Gasteiger charge is 2.34. The zero-order chi connectivity index (χ0) is 21.1. The van der Waals surface area contributed by atoms with Gasteiger partial charge in [-0.15, -0.1) is 11.3 Å². The van der Waals surface area contributed by atoms with Crippen LogP contribution in [0.5, 0.6) is 5.75 Å². The van der Waals surface area contributed by atoms with Crippen LogP contribution in [0.1, 0.15) is 57.9 Å². The first kappa shape index (κ1) is 22.0. The third kappa shape index (κ3) is 4.07. The summed E-state index contributed by atoms with van der Waals surface area (Å²) in [4.78, 5) is 27.5. The second-order valence-electron chi connectivity index (χ2n) is 7.15. The number of carbonyl (C=O) groups excluding carboxylic acids is 2. The molecule has 0 unspecified atom stereocenters. The van der Waals surface area contributed by atoms with E-state index >= 15 is 0 Å². The van der Waals surface area contributed by atoms with Gasteiger partial charge in [-0.1, -0.05) is 26.0 Å². The molecule has 2 aromatic rings. The average Bonchev–Trinajstić information content (AvgIpc) is 3.07. The van der Waals surface area contributed by atoms with E-state index in [2.05, 4.69) is 24.7 Å². The Balaban J connectivity index is 2.47. The molecular formula is C22H29NO4S. The SMILES string of the molecule is CCC(CC)(c1ccc(O)c(C)c1)c1cc(C)c(C(=O)N(C)CC(=O)OC)s1. The van der Waals surface area contributed by atoms with Gasteiger partial charge in [0.1, 0.15) is 12.3 Å². The number of methoxy groups -OCH3 is 1. The predicted octanol–water partition coefficient (Wildman–Crippen LogP) is 4.42. The van der Waals surface area contributed by atoms with Crippen LogP contribution in [-0.2, 0) is 14.9 Å². The largest absolute Gasteiger partial charge is 0.508 e. The number of likely N-dealkylation sites (N-methyl/N-ethyl adjacent to an activating group) is 1. The lowest BCUT2D eigenvalue weighted by Crippen LogP contribution is -2.32. The Hall–Kier alpha value is -2.34. The van der Waals surface area contributed by atoms with Gasteiger partial charge in [-0.25, -0.2) is 0 Å². The predicted molar refractivity (Wildman–Crippen MR) is 112 cm³/mol. The van der Waals surface area contributed by atoms with Gasteiger partial charge in [-0.2, -0.15) is 0 Å². The summed E-state index contributed by atoms with van der Waals surface area (Å²) in [7, 11) is 2.92. The summed E-state index contributed by atoms with van der Waals surface area (Å²) in [6.07, 6.45) is 1.75. The van der Waals surface area contributed by atoms with Gasteiger partial charge in [0.25, 0.3) is 5.91 Å². The van der Waals surface area contributed by atoms with Gasteiger partial charge < -0.3 is 14.7 Å². The van der Waals surface area contributed by atoms with Crippen molar-refractivity contribution in [3.05, 3.63) is 50.7 Å². The van der Waals surface area contributed by atoms with Crippen molar-refractivity contribution in [3.63, 3.8) is 0 Å². The molecule has 0 aliphatic rings. The van der Waals surface area contributed by atoms with Crippen LogP contribution < -0.4 is 0 Å². The summed E-state index contributed by atoms with van der Waals surface area (Å²) < 4.78 is 4.66. The topological polar surface area (TPSA) is 66.8 Å². The number of ether oxygens (including phenoxy) is 1. The van der Waals surface area contributed by atoms with E-state index < -0.39 is 5.97 Å². The zero-order valence-electron chi connectivity index (χ0n) is 17.5. The Bertz CT molecular complexity index is 867. The van der Waals surface area contributed by atoms with Crippen LogP contribution in [0.3, 0.4) is 0 Å². The van der Waals surface area contributed by atoms with Crippen molar-refractivity contribution in [2.45, 2.75) is 46.0 Å². The van der Waals surface area contributed by atoms with Crippen molar-refractivity contribution in [1.82, 2.24) is 4.90 Å². The maximum absolute atomic E-state index is 12.9. The quantitative estimate of drug-likeness (QED) is 0.695. The minimum Gasteiger partial charge on any atom is -0.508 e. The van der Waals surface area contributed by atoms with Gasteiger partial charge in [0.05, 0.1) is 12.0 Å². The molecule has 2 rings (SSSR count). The lowest BCUT2D eigenvalue weighted by Gasteiger charge is -2.32. The molecule has 0 fully saturated rings. The number of aryl methyl sites for hydroxylation is 2. The summed E-state index contributed by atoms with van der Waals surface area (Å²) in [5.74, 6) is -0.337. The number of esters is 1. The molecule has 0 saturated carbocycles. The molecule has 0 saturated heterocycles. The fourth-order valence-electron chi connectivity index (χ4n) is 3.54. The van der Waals surface area contributed by atoms with Gasteiger partial charge >= 0.3 is 5.97 Å². The molecule has 0 aliphatic carbocycles. The molecule has 0 bridgehead atoms. The van der Waals surface area contributed by atoms with Crippen molar-refractivity contribution in [1.29, 1.82) is 0 Å². The highest BCUT2D eigenvalue weighted by atomic mass is 32.1. The molecule has 1 N–H and O–H groups in total. The number of thiophene rings is 1. The van der Waals surface area contributed by atoms with Gasteiger partial charge in [0.15, 0.2) is 0 Å². The molecule has 5 nitrogen and oxygen atoms in total. The van der Waals surface area contributed by atoms with Crippen LogP contribution >= 0.6 is 11.3 Å². The second kappa shape index (κ2) is 8.78. The molecular weight excluding hydrogens is 374 g/mol. The number of benzene rings is 1. The second-order valence-corrected chi connectivity index (χ2v) is 8.20. The molecule has 6 heteroatoms. The van der Waals surface area contributed by atoms with Gasteiger partial charge in [-0.3, -0.25) is 9.59 Å².